The monoisotopic (exact) mass is 313 g/mol. The molecule has 0 aliphatic heterocycles. The fourth-order valence-electron chi connectivity index (χ4n) is 2.00. The lowest BCUT2D eigenvalue weighted by molar-refractivity contribution is 0.600. The Morgan fingerprint density at radius 2 is 1.89 bits per heavy atom. The predicted octanol–water partition coefficient (Wildman–Crippen LogP) is 5.45. The second-order valence-corrected chi connectivity index (χ2v) is 6.86. The smallest absolute Gasteiger partial charge is 0.0995 e. The predicted molar refractivity (Wildman–Crippen MR) is 85.7 cm³/mol. The van der Waals surface area contributed by atoms with Crippen molar-refractivity contribution in [2.45, 2.75) is 26.3 Å². The second-order valence-electron chi connectivity index (χ2n) is 4.58. The molecule has 0 radical (unpaired) electrons. The number of nitrogens with one attached hydrogen (secondary N) is 1. The third kappa shape index (κ3) is 3.73. The standard InChI is InChI=1S/C15H17Cl2NS/c1-3-8-18-14(11-6-4-10(2)5-7-11)12-9-13(16)19-15(12)17/h4-7,9,14,18H,3,8H2,1-2H3. The molecular formula is C15H17Cl2NS. The van der Waals surface area contributed by atoms with Gasteiger partial charge in [0.2, 0.25) is 0 Å². The second kappa shape index (κ2) is 6.76. The van der Waals surface area contributed by atoms with Crippen LogP contribution in [0.1, 0.15) is 36.1 Å². The minimum absolute atomic E-state index is 0.108. The molecule has 0 aliphatic carbocycles. The van der Waals surface area contributed by atoms with Gasteiger partial charge in [-0.3, -0.25) is 0 Å². The van der Waals surface area contributed by atoms with Crippen molar-refractivity contribution in [3.63, 3.8) is 0 Å². The van der Waals surface area contributed by atoms with Crippen molar-refractivity contribution in [1.29, 1.82) is 0 Å². The lowest BCUT2D eigenvalue weighted by Crippen LogP contribution is -2.23. The van der Waals surface area contributed by atoms with Gasteiger partial charge in [-0.15, -0.1) is 11.3 Å². The number of halogens is 2. The third-order valence-electron chi connectivity index (χ3n) is 3.00. The van der Waals surface area contributed by atoms with Crippen molar-refractivity contribution in [2.24, 2.45) is 0 Å². The van der Waals surface area contributed by atoms with Gasteiger partial charge < -0.3 is 5.32 Å². The quantitative estimate of drug-likeness (QED) is 0.773. The van der Waals surface area contributed by atoms with E-state index >= 15 is 0 Å². The van der Waals surface area contributed by atoms with Crippen molar-refractivity contribution in [2.75, 3.05) is 6.54 Å². The van der Waals surface area contributed by atoms with E-state index in [2.05, 4.69) is 43.4 Å². The molecule has 2 rings (SSSR count). The van der Waals surface area contributed by atoms with Gasteiger partial charge in [0, 0.05) is 5.56 Å². The maximum Gasteiger partial charge on any atom is 0.0995 e. The molecule has 4 heteroatoms. The molecule has 2 aromatic rings. The zero-order valence-corrected chi connectivity index (χ0v) is 13.4. The Balaban J connectivity index is 2.35. The summed E-state index contributed by atoms with van der Waals surface area (Å²) in [5.41, 5.74) is 3.54. The van der Waals surface area contributed by atoms with Crippen LogP contribution in [0.25, 0.3) is 0 Å². The first-order chi connectivity index (χ1) is 9.11. The first-order valence-corrected chi connectivity index (χ1v) is 7.93. The lowest BCUT2D eigenvalue weighted by atomic mass is 10.00. The molecule has 1 aromatic carbocycles. The van der Waals surface area contributed by atoms with Crippen molar-refractivity contribution >= 4 is 34.5 Å². The molecule has 102 valence electrons. The highest BCUT2D eigenvalue weighted by molar-refractivity contribution is 7.20. The minimum Gasteiger partial charge on any atom is -0.306 e. The molecule has 0 saturated carbocycles. The molecule has 1 unspecified atom stereocenters. The number of hydrogen-bond donors (Lipinski definition) is 1. The molecule has 19 heavy (non-hydrogen) atoms. The van der Waals surface area contributed by atoms with E-state index in [9.17, 15) is 0 Å². The molecule has 0 spiro atoms. The van der Waals surface area contributed by atoms with Gasteiger partial charge in [-0.2, -0.15) is 0 Å². The summed E-state index contributed by atoms with van der Waals surface area (Å²) in [6, 6.07) is 10.6. The largest absolute Gasteiger partial charge is 0.306 e. The van der Waals surface area contributed by atoms with Crippen LogP contribution < -0.4 is 5.32 Å². The van der Waals surface area contributed by atoms with Crippen LogP contribution >= 0.6 is 34.5 Å². The van der Waals surface area contributed by atoms with E-state index < -0.39 is 0 Å². The molecule has 1 heterocycles. The Morgan fingerprint density at radius 3 is 2.42 bits per heavy atom. The van der Waals surface area contributed by atoms with Crippen molar-refractivity contribution < 1.29 is 0 Å². The highest BCUT2D eigenvalue weighted by Crippen LogP contribution is 2.37. The van der Waals surface area contributed by atoms with Crippen LogP contribution in [0.5, 0.6) is 0 Å². The van der Waals surface area contributed by atoms with E-state index in [1.165, 1.54) is 22.5 Å². The summed E-state index contributed by atoms with van der Waals surface area (Å²) in [6.07, 6.45) is 1.08. The summed E-state index contributed by atoms with van der Waals surface area (Å²) in [6.45, 7) is 5.19. The van der Waals surface area contributed by atoms with Crippen LogP contribution in [0, 0.1) is 6.92 Å². The maximum atomic E-state index is 6.29. The van der Waals surface area contributed by atoms with E-state index in [-0.39, 0.29) is 6.04 Å². The Kier molecular flexibility index (Phi) is 5.28. The maximum absolute atomic E-state index is 6.29. The lowest BCUT2D eigenvalue weighted by Gasteiger charge is -2.19. The van der Waals surface area contributed by atoms with E-state index in [0.29, 0.717) is 0 Å². The molecule has 1 atom stereocenters. The van der Waals surface area contributed by atoms with Crippen LogP contribution in [-0.2, 0) is 0 Å². The van der Waals surface area contributed by atoms with E-state index in [1.807, 2.05) is 6.07 Å². The fourth-order valence-corrected chi connectivity index (χ4v) is 3.54. The van der Waals surface area contributed by atoms with E-state index in [4.69, 9.17) is 23.2 Å². The molecule has 1 N–H and O–H groups in total. The number of aryl methyl sites for hydroxylation is 1. The molecule has 1 nitrogen and oxygen atoms in total. The SMILES string of the molecule is CCCNC(c1ccc(C)cc1)c1cc(Cl)sc1Cl. The first-order valence-electron chi connectivity index (χ1n) is 6.36. The van der Waals surface area contributed by atoms with Crippen LogP contribution in [0.2, 0.25) is 8.67 Å². The minimum atomic E-state index is 0.108. The fraction of sp³-hybridized carbons (Fsp3) is 0.333. The van der Waals surface area contributed by atoms with Gasteiger partial charge in [0.25, 0.3) is 0 Å². The summed E-state index contributed by atoms with van der Waals surface area (Å²) in [5.74, 6) is 0. The van der Waals surface area contributed by atoms with Gasteiger partial charge in [0.05, 0.1) is 14.7 Å². The van der Waals surface area contributed by atoms with Crippen LogP contribution in [0.4, 0.5) is 0 Å². The number of benzene rings is 1. The van der Waals surface area contributed by atoms with Gasteiger partial charge in [-0.25, -0.2) is 0 Å². The molecule has 0 fully saturated rings. The summed E-state index contributed by atoms with van der Waals surface area (Å²) < 4.78 is 1.49. The topological polar surface area (TPSA) is 12.0 Å². The van der Waals surface area contributed by atoms with Gasteiger partial charge in [-0.1, -0.05) is 60.0 Å². The highest BCUT2D eigenvalue weighted by Gasteiger charge is 2.18. The molecule has 0 bridgehead atoms. The van der Waals surface area contributed by atoms with Crippen molar-refractivity contribution in [3.05, 3.63) is 55.7 Å². The van der Waals surface area contributed by atoms with Gasteiger partial charge >= 0.3 is 0 Å². The van der Waals surface area contributed by atoms with Crippen molar-refractivity contribution in [3.8, 4) is 0 Å². The highest BCUT2D eigenvalue weighted by atomic mass is 35.5. The number of thiophene rings is 1. The molecule has 0 saturated heterocycles. The first kappa shape index (κ1) is 14.9. The van der Waals surface area contributed by atoms with E-state index in [0.717, 1.165) is 27.2 Å². The van der Waals surface area contributed by atoms with Gasteiger partial charge in [0.15, 0.2) is 0 Å². The Morgan fingerprint density at radius 1 is 1.21 bits per heavy atom. The summed E-state index contributed by atoms with van der Waals surface area (Å²) in [4.78, 5) is 0. The average Bonchev–Trinajstić information content (AvgIpc) is 2.71. The molecule has 1 aromatic heterocycles. The summed E-state index contributed by atoms with van der Waals surface area (Å²) in [7, 11) is 0. The molecule has 0 aliphatic rings. The van der Waals surface area contributed by atoms with Crippen LogP contribution in [0.15, 0.2) is 30.3 Å². The van der Waals surface area contributed by atoms with Crippen LogP contribution in [-0.4, -0.2) is 6.54 Å². The summed E-state index contributed by atoms with van der Waals surface area (Å²) in [5, 5.41) is 3.54. The van der Waals surface area contributed by atoms with E-state index in [1.54, 1.807) is 0 Å². The zero-order chi connectivity index (χ0) is 13.8. The normalized spacial score (nSPS) is 12.6. The average molecular weight is 314 g/mol. The Hall–Kier alpha value is -0.540. The number of hydrogen-bond acceptors (Lipinski definition) is 2. The van der Waals surface area contributed by atoms with Gasteiger partial charge in [0.1, 0.15) is 0 Å². The Labute approximate surface area is 128 Å². The van der Waals surface area contributed by atoms with Gasteiger partial charge in [-0.05, 0) is 31.5 Å². The molecule has 0 amide bonds. The number of rotatable bonds is 5. The summed E-state index contributed by atoms with van der Waals surface area (Å²) >= 11 is 13.8. The molecular weight excluding hydrogens is 297 g/mol. The van der Waals surface area contributed by atoms with Crippen LogP contribution in [0.3, 0.4) is 0 Å². The zero-order valence-electron chi connectivity index (χ0n) is 11.0. The van der Waals surface area contributed by atoms with Crippen molar-refractivity contribution in [1.82, 2.24) is 5.32 Å². The third-order valence-corrected chi connectivity index (χ3v) is 4.52. The Bertz CT molecular complexity index is 534.